The molecule has 0 saturated carbocycles. The zero-order valence-electron chi connectivity index (χ0n) is 13.1. The molecular weight excluding hydrogens is 284 g/mol. The number of hydrogen-bond donors (Lipinski definition) is 2. The molecule has 2 N–H and O–H groups in total. The van der Waals surface area contributed by atoms with E-state index in [0.717, 1.165) is 5.56 Å². The molecule has 2 rings (SSSR count). The summed E-state index contributed by atoms with van der Waals surface area (Å²) in [6, 6.07) is 7.24. The summed E-state index contributed by atoms with van der Waals surface area (Å²) in [6.07, 6.45) is -0.993. The van der Waals surface area contributed by atoms with E-state index in [9.17, 15) is 14.7 Å². The number of hydrogen-bond acceptors (Lipinski definition) is 4. The van der Waals surface area contributed by atoms with Crippen molar-refractivity contribution in [3.63, 3.8) is 0 Å². The van der Waals surface area contributed by atoms with Crippen molar-refractivity contribution in [1.82, 2.24) is 4.90 Å². The number of amides is 2. The molecule has 22 heavy (non-hydrogen) atoms. The highest BCUT2D eigenvalue weighted by Crippen LogP contribution is 2.21. The molecule has 1 fully saturated rings. The number of ether oxygens (including phenoxy) is 1. The fraction of sp³-hybridized carbons (Fsp3) is 0.500. The number of likely N-dealkylation sites (tertiary alicyclic amines) is 1. The summed E-state index contributed by atoms with van der Waals surface area (Å²) in [4.78, 5) is 25.2. The normalized spacial score (nSPS) is 18.5. The second-order valence-electron chi connectivity index (χ2n) is 6.42. The average Bonchev–Trinajstić information content (AvgIpc) is 2.68. The fourth-order valence-electron chi connectivity index (χ4n) is 2.30. The minimum atomic E-state index is -0.613. The Morgan fingerprint density at radius 3 is 2.68 bits per heavy atom. The largest absolute Gasteiger partial charge is 0.444 e. The molecule has 1 aliphatic heterocycles. The molecule has 0 aliphatic carbocycles. The highest BCUT2D eigenvalue weighted by atomic mass is 16.6. The van der Waals surface area contributed by atoms with Crippen LogP contribution < -0.4 is 5.32 Å². The van der Waals surface area contributed by atoms with Gasteiger partial charge in [0.15, 0.2) is 0 Å². The molecule has 1 aliphatic rings. The third-order valence-electron chi connectivity index (χ3n) is 3.21. The van der Waals surface area contributed by atoms with Crippen LogP contribution in [0.2, 0.25) is 0 Å². The summed E-state index contributed by atoms with van der Waals surface area (Å²) < 4.78 is 5.23. The highest BCUT2D eigenvalue weighted by Gasteiger charge is 2.28. The minimum Gasteiger partial charge on any atom is -0.444 e. The van der Waals surface area contributed by atoms with Crippen molar-refractivity contribution < 1.29 is 19.4 Å². The molecule has 1 saturated heterocycles. The van der Waals surface area contributed by atoms with Crippen molar-refractivity contribution in [2.75, 3.05) is 11.9 Å². The summed E-state index contributed by atoms with van der Waals surface area (Å²) >= 11 is 0. The number of carbonyl (C=O) groups excluding carboxylic acids is 2. The molecule has 120 valence electrons. The molecule has 6 nitrogen and oxygen atoms in total. The van der Waals surface area contributed by atoms with Gasteiger partial charge in [-0.15, -0.1) is 0 Å². The predicted octanol–water partition coefficient (Wildman–Crippen LogP) is 2.13. The van der Waals surface area contributed by atoms with E-state index in [1.54, 1.807) is 37.8 Å². The summed E-state index contributed by atoms with van der Waals surface area (Å²) in [6.45, 7) is 6.05. The average molecular weight is 306 g/mol. The first-order valence-electron chi connectivity index (χ1n) is 7.28. The smallest absolute Gasteiger partial charge is 0.412 e. The second kappa shape index (κ2) is 6.36. The lowest BCUT2D eigenvalue weighted by molar-refractivity contribution is -0.128. The third-order valence-corrected chi connectivity index (χ3v) is 3.21. The van der Waals surface area contributed by atoms with Crippen LogP contribution in [0.1, 0.15) is 32.8 Å². The molecule has 0 aromatic heterocycles. The summed E-state index contributed by atoms with van der Waals surface area (Å²) in [5.41, 5.74) is 0.829. The fourth-order valence-corrected chi connectivity index (χ4v) is 2.30. The maximum Gasteiger partial charge on any atom is 0.412 e. The number of para-hydroxylation sites is 1. The van der Waals surface area contributed by atoms with Gasteiger partial charge in [-0.25, -0.2) is 4.79 Å². The van der Waals surface area contributed by atoms with Crippen molar-refractivity contribution in [1.29, 1.82) is 0 Å². The first kappa shape index (κ1) is 16.3. The maximum absolute atomic E-state index is 11.9. The number of nitrogens with one attached hydrogen (secondary N) is 1. The monoisotopic (exact) mass is 306 g/mol. The Hall–Kier alpha value is -2.08. The van der Waals surface area contributed by atoms with Crippen LogP contribution in [-0.2, 0) is 16.1 Å². The van der Waals surface area contributed by atoms with Crippen molar-refractivity contribution in [2.45, 2.75) is 45.4 Å². The zero-order chi connectivity index (χ0) is 16.3. The van der Waals surface area contributed by atoms with Crippen LogP contribution in [-0.4, -0.2) is 40.3 Å². The van der Waals surface area contributed by atoms with Gasteiger partial charge in [-0.3, -0.25) is 10.1 Å². The number of β-amino-alcohol motifs (C(OH)–C–C–N with tert-alkyl or cyclic N) is 1. The number of nitrogens with zero attached hydrogens (tertiary/aromatic N) is 1. The van der Waals surface area contributed by atoms with Gasteiger partial charge in [-0.2, -0.15) is 0 Å². The Bertz CT molecular complexity index is 566. The lowest BCUT2D eigenvalue weighted by atomic mass is 10.1. The van der Waals surface area contributed by atoms with Gasteiger partial charge in [0.1, 0.15) is 5.60 Å². The molecule has 1 unspecified atom stereocenters. The van der Waals surface area contributed by atoms with Crippen LogP contribution in [0.25, 0.3) is 0 Å². The van der Waals surface area contributed by atoms with E-state index in [0.29, 0.717) is 18.8 Å². The first-order chi connectivity index (χ1) is 10.2. The SMILES string of the molecule is CC(C)(C)OC(=O)Nc1ccccc1CN1CC(O)CC1=O. The number of aliphatic hydroxyl groups excluding tert-OH is 1. The van der Waals surface area contributed by atoms with E-state index in [-0.39, 0.29) is 12.3 Å². The van der Waals surface area contributed by atoms with E-state index in [4.69, 9.17) is 4.74 Å². The van der Waals surface area contributed by atoms with E-state index < -0.39 is 17.8 Å². The second-order valence-corrected chi connectivity index (χ2v) is 6.42. The van der Waals surface area contributed by atoms with Gasteiger partial charge in [-0.05, 0) is 32.4 Å². The summed E-state index contributed by atoms with van der Waals surface area (Å²) in [7, 11) is 0. The Morgan fingerprint density at radius 1 is 1.41 bits per heavy atom. The van der Waals surface area contributed by atoms with Crippen LogP contribution in [0.5, 0.6) is 0 Å². The Morgan fingerprint density at radius 2 is 2.09 bits per heavy atom. The van der Waals surface area contributed by atoms with E-state index in [2.05, 4.69) is 5.32 Å². The summed E-state index contributed by atoms with van der Waals surface area (Å²) in [5.74, 6) is -0.0837. The van der Waals surface area contributed by atoms with Crippen LogP contribution in [0.4, 0.5) is 10.5 Å². The number of rotatable bonds is 3. The lowest BCUT2D eigenvalue weighted by Crippen LogP contribution is -2.29. The highest BCUT2D eigenvalue weighted by molar-refractivity contribution is 5.86. The lowest BCUT2D eigenvalue weighted by Gasteiger charge is -2.22. The van der Waals surface area contributed by atoms with E-state index in [1.807, 2.05) is 12.1 Å². The van der Waals surface area contributed by atoms with Gasteiger partial charge in [0, 0.05) is 18.8 Å². The van der Waals surface area contributed by atoms with Crippen molar-refractivity contribution in [3.8, 4) is 0 Å². The first-order valence-corrected chi connectivity index (χ1v) is 7.28. The third kappa shape index (κ3) is 4.46. The van der Waals surface area contributed by atoms with Gasteiger partial charge in [0.2, 0.25) is 5.91 Å². The number of carbonyl (C=O) groups is 2. The molecule has 1 aromatic rings. The Balaban J connectivity index is 2.07. The van der Waals surface area contributed by atoms with Crippen molar-refractivity contribution in [3.05, 3.63) is 29.8 Å². The summed E-state index contributed by atoms with van der Waals surface area (Å²) in [5, 5.41) is 12.2. The van der Waals surface area contributed by atoms with Crippen LogP contribution in [0.3, 0.4) is 0 Å². The molecule has 0 spiro atoms. The van der Waals surface area contributed by atoms with Gasteiger partial charge in [0.25, 0.3) is 0 Å². The van der Waals surface area contributed by atoms with E-state index >= 15 is 0 Å². The predicted molar refractivity (Wildman–Crippen MR) is 82.3 cm³/mol. The number of benzene rings is 1. The number of aliphatic hydroxyl groups is 1. The van der Waals surface area contributed by atoms with Crippen LogP contribution in [0, 0.1) is 0 Å². The van der Waals surface area contributed by atoms with Crippen molar-refractivity contribution >= 4 is 17.7 Å². The van der Waals surface area contributed by atoms with Crippen LogP contribution >= 0.6 is 0 Å². The molecular formula is C16H22N2O4. The molecule has 0 radical (unpaired) electrons. The van der Waals surface area contributed by atoms with Gasteiger partial charge in [-0.1, -0.05) is 18.2 Å². The van der Waals surface area contributed by atoms with Crippen LogP contribution in [0.15, 0.2) is 24.3 Å². The standard InChI is InChI=1S/C16H22N2O4/c1-16(2,3)22-15(21)17-13-7-5-4-6-11(13)9-18-10-12(19)8-14(18)20/h4-7,12,19H,8-10H2,1-3H3,(H,17,21). The van der Waals surface area contributed by atoms with Gasteiger partial charge in [0.05, 0.1) is 12.5 Å². The number of anilines is 1. The Kier molecular flexibility index (Phi) is 4.71. The molecule has 1 atom stereocenters. The molecule has 2 amide bonds. The van der Waals surface area contributed by atoms with E-state index in [1.165, 1.54) is 0 Å². The molecule has 6 heteroatoms. The topological polar surface area (TPSA) is 78.9 Å². The van der Waals surface area contributed by atoms with Crippen molar-refractivity contribution in [2.24, 2.45) is 0 Å². The van der Waals surface area contributed by atoms with Gasteiger partial charge < -0.3 is 14.7 Å². The molecule has 1 heterocycles. The maximum atomic E-state index is 11.9. The van der Waals surface area contributed by atoms with Gasteiger partial charge >= 0.3 is 6.09 Å². The molecule has 0 bridgehead atoms. The zero-order valence-corrected chi connectivity index (χ0v) is 13.1. The Labute approximate surface area is 130 Å². The quantitative estimate of drug-likeness (QED) is 0.896. The molecule has 1 aromatic carbocycles. The minimum absolute atomic E-state index is 0.0837.